The molecule has 2 aliphatic rings. The Kier molecular flexibility index (Phi) is 5.93. The average Bonchev–Trinajstić information content (AvgIpc) is 3.47. The highest BCUT2D eigenvalue weighted by Gasteiger charge is 2.37. The Morgan fingerprint density at radius 1 is 1.12 bits per heavy atom. The van der Waals surface area contributed by atoms with Crippen molar-refractivity contribution in [3.8, 4) is 5.69 Å². The fourth-order valence-electron chi connectivity index (χ4n) is 4.78. The number of hydrogen-bond donors (Lipinski definition) is 1. The predicted molar refractivity (Wildman–Crippen MR) is 128 cm³/mol. The molecule has 3 heterocycles. The second kappa shape index (κ2) is 8.85. The van der Waals surface area contributed by atoms with Gasteiger partial charge in [-0.2, -0.15) is 0 Å². The minimum atomic E-state index is -0.0193. The Morgan fingerprint density at radius 3 is 2.56 bits per heavy atom. The van der Waals surface area contributed by atoms with Gasteiger partial charge in [0.2, 0.25) is 11.9 Å². The van der Waals surface area contributed by atoms with Gasteiger partial charge in [0.15, 0.2) is 0 Å². The lowest BCUT2D eigenvalue weighted by atomic mass is 9.96. The molecule has 2 fully saturated rings. The van der Waals surface area contributed by atoms with Crippen LogP contribution in [0.1, 0.15) is 30.4 Å². The number of carbonyl (C=O) groups is 1. The Hall–Kier alpha value is -2.41. The molecular weight excluding hydrogens is 424 g/mol. The number of fused-ring (bicyclic) bond motifs is 1. The van der Waals surface area contributed by atoms with Crippen LogP contribution in [0.15, 0.2) is 36.4 Å². The molecule has 0 spiro atoms. The van der Waals surface area contributed by atoms with Gasteiger partial charge in [-0.05, 0) is 76.0 Å². The fourth-order valence-corrected chi connectivity index (χ4v) is 4.94. The number of aromatic nitrogens is 2. The molecule has 168 valence electrons. The van der Waals surface area contributed by atoms with E-state index in [0.29, 0.717) is 24.2 Å². The molecule has 0 saturated carbocycles. The van der Waals surface area contributed by atoms with Gasteiger partial charge >= 0.3 is 0 Å². The highest BCUT2D eigenvalue weighted by Crippen LogP contribution is 2.35. The van der Waals surface area contributed by atoms with Gasteiger partial charge < -0.3 is 10.1 Å². The number of piperidine rings is 1. The van der Waals surface area contributed by atoms with Crippen molar-refractivity contribution in [3.05, 3.63) is 52.5 Å². The topological polar surface area (TPSA) is 59.4 Å². The molecule has 1 aromatic heterocycles. The summed E-state index contributed by atoms with van der Waals surface area (Å²) < 4.78 is 7.82. The van der Waals surface area contributed by atoms with Crippen LogP contribution in [0.25, 0.3) is 16.7 Å². The molecule has 6 nitrogen and oxygen atoms in total. The number of aryl methyl sites for hydroxylation is 2. The third-order valence-electron chi connectivity index (χ3n) is 6.70. The van der Waals surface area contributed by atoms with Crippen molar-refractivity contribution < 1.29 is 9.53 Å². The monoisotopic (exact) mass is 452 g/mol. The summed E-state index contributed by atoms with van der Waals surface area (Å²) in [7, 11) is 0. The van der Waals surface area contributed by atoms with Gasteiger partial charge in [-0.1, -0.05) is 29.3 Å². The van der Waals surface area contributed by atoms with E-state index in [0.717, 1.165) is 54.6 Å². The summed E-state index contributed by atoms with van der Waals surface area (Å²) >= 11 is 6.45. The number of carbonyl (C=O) groups excluding carboxylic acids is 1. The van der Waals surface area contributed by atoms with E-state index in [4.69, 9.17) is 21.3 Å². The number of nitrogens with zero attached hydrogens (tertiary/aromatic N) is 3. The number of imidazole rings is 1. The van der Waals surface area contributed by atoms with Crippen LogP contribution in [-0.4, -0.2) is 47.8 Å². The molecular formula is C25H29ClN4O2. The maximum atomic E-state index is 13.9. The number of nitrogens with one attached hydrogen (secondary N) is 1. The number of benzene rings is 2. The Morgan fingerprint density at radius 2 is 1.88 bits per heavy atom. The van der Waals surface area contributed by atoms with Crippen molar-refractivity contribution in [3.63, 3.8) is 0 Å². The van der Waals surface area contributed by atoms with Crippen LogP contribution in [0, 0.1) is 19.8 Å². The number of amides is 1. The van der Waals surface area contributed by atoms with Gasteiger partial charge in [0, 0.05) is 23.2 Å². The average molecular weight is 453 g/mol. The molecule has 1 amide bonds. The van der Waals surface area contributed by atoms with Crippen molar-refractivity contribution in [1.82, 2.24) is 14.9 Å². The van der Waals surface area contributed by atoms with Gasteiger partial charge in [0.05, 0.1) is 23.7 Å². The summed E-state index contributed by atoms with van der Waals surface area (Å²) in [5.74, 6) is 0.801. The zero-order valence-electron chi connectivity index (χ0n) is 18.6. The highest BCUT2D eigenvalue weighted by molar-refractivity contribution is 6.32. The lowest BCUT2D eigenvalue weighted by Crippen LogP contribution is -2.47. The van der Waals surface area contributed by atoms with Crippen molar-refractivity contribution in [2.75, 3.05) is 31.2 Å². The predicted octanol–water partition coefficient (Wildman–Crippen LogP) is 4.42. The van der Waals surface area contributed by atoms with Gasteiger partial charge in [-0.25, -0.2) is 4.98 Å². The van der Waals surface area contributed by atoms with E-state index in [2.05, 4.69) is 41.1 Å². The van der Waals surface area contributed by atoms with Gasteiger partial charge in [-0.3, -0.25) is 14.3 Å². The first kappa shape index (κ1) is 21.4. The third-order valence-corrected chi connectivity index (χ3v) is 7.11. The molecule has 7 heteroatoms. The van der Waals surface area contributed by atoms with Crippen LogP contribution in [0.5, 0.6) is 0 Å². The number of halogens is 1. The second-order valence-corrected chi connectivity index (χ2v) is 9.28. The Bertz CT molecular complexity index is 1130. The van der Waals surface area contributed by atoms with Crippen LogP contribution in [0.4, 0.5) is 5.95 Å². The van der Waals surface area contributed by atoms with Crippen molar-refractivity contribution >= 4 is 34.5 Å². The summed E-state index contributed by atoms with van der Waals surface area (Å²) in [6.07, 6.45) is 2.50. The molecule has 0 aliphatic carbocycles. The van der Waals surface area contributed by atoms with Crippen LogP contribution in [0.3, 0.4) is 0 Å². The van der Waals surface area contributed by atoms with Crippen LogP contribution < -0.4 is 10.2 Å². The zero-order chi connectivity index (χ0) is 22.2. The molecule has 32 heavy (non-hydrogen) atoms. The van der Waals surface area contributed by atoms with Crippen molar-refractivity contribution in [2.24, 2.45) is 5.92 Å². The number of ether oxygens (including phenoxy) is 1. The van der Waals surface area contributed by atoms with Crippen LogP contribution in [0.2, 0.25) is 5.02 Å². The van der Waals surface area contributed by atoms with E-state index in [1.54, 1.807) is 0 Å². The number of hydrogen-bond acceptors (Lipinski definition) is 4. The molecule has 0 bridgehead atoms. The van der Waals surface area contributed by atoms with E-state index < -0.39 is 0 Å². The van der Waals surface area contributed by atoms with Gasteiger partial charge in [0.1, 0.15) is 0 Å². The van der Waals surface area contributed by atoms with Gasteiger partial charge in [0.25, 0.3) is 0 Å². The second-order valence-electron chi connectivity index (χ2n) is 8.87. The van der Waals surface area contributed by atoms with E-state index in [9.17, 15) is 4.79 Å². The summed E-state index contributed by atoms with van der Waals surface area (Å²) in [6.45, 7) is 6.99. The SMILES string of the molecule is Cc1ccc(-n2c(N(C(=O)C3CCNCC3)[C@@H]3CCOC3)nc3c(C)c(Cl)ccc32)cc1. The van der Waals surface area contributed by atoms with Crippen molar-refractivity contribution in [1.29, 1.82) is 0 Å². The van der Waals surface area contributed by atoms with E-state index >= 15 is 0 Å². The number of rotatable bonds is 4. The molecule has 0 radical (unpaired) electrons. The zero-order valence-corrected chi connectivity index (χ0v) is 19.4. The van der Waals surface area contributed by atoms with E-state index in [1.807, 2.05) is 24.0 Å². The summed E-state index contributed by atoms with van der Waals surface area (Å²) in [6, 6.07) is 12.2. The molecule has 2 aromatic carbocycles. The molecule has 3 aromatic rings. The lowest BCUT2D eigenvalue weighted by molar-refractivity contribution is -0.123. The van der Waals surface area contributed by atoms with Crippen molar-refractivity contribution in [2.45, 2.75) is 39.2 Å². The van der Waals surface area contributed by atoms with E-state index in [1.165, 1.54) is 5.56 Å². The molecule has 0 unspecified atom stereocenters. The Labute approximate surface area is 193 Å². The minimum Gasteiger partial charge on any atom is -0.379 e. The first-order chi connectivity index (χ1) is 15.5. The molecule has 1 atom stereocenters. The van der Waals surface area contributed by atoms with Gasteiger partial charge in [-0.15, -0.1) is 0 Å². The minimum absolute atomic E-state index is 0.00665. The maximum Gasteiger partial charge on any atom is 0.232 e. The molecule has 2 saturated heterocycles. The quantitative estimate of drug-likeness (QED) is 0.636. The summed E-state index contributed by atoms with van der Waals surface area (Å²) in [4.78, 5) is 20.9. The maximum absolute atomic E-state index is 13.9. The largest absolute Gasteiger partial charge is 0.379 e. The molecule has 2 aliphatic heterocycles. The van der Waals surface area contributed by atoms with Crippen LogP contribution >= 0.6 is 11.6 Å². The molecule has 1 N–H and O–H groups in total. The smallest absolute Gasteiger partial charge is 0.232 e. The summed E-state index contributed by atoms with van der Waals surface area (Å²) in [5.41, 5.74) is 4.87. The first-order valence-electron chi connectivity index (χ1n) is 11.4. The highest BCUT2D eigenvalue weighted by atomic mass is 35.5. The third kappa shape index (κ3) is 3.81. The van der Waals surface area contributed by atoms with E-state index in [-0.39, 0.29) is 17.9 Å². The molecule has 5 rings (SSSR count). The summed E-state index contributed by atoms with van der Waals surface area (Å²) in [5, 5.41) is 4.04. The first-order valence-corrected chi connectivity index (χ1v) is 11.8. The standard InChI is InChI=1S/C25H29ClN4O2/c1-16-3-5-19(6-4-16)29-22-8-7-21(26)17(2)23(22)28-25(29)30(20-11-14-32-15-20)24(31)18-9-12-27-13-10-18/h3-8,18,20,27H,9-15H2,1-2H3/t20-/m1/s1. The van der Waals surface area contributed by atoms with Crippen LogP contribution in [-0.2, 0) is 9.53 Å². The lowest BCUT2D eigenvalue weighted by Gasteiger charge is -2.32. The normalized spacial score (nSPS) is 19.5. The fraction of sp³-hybridized carbons (Fsp3) is 0.440. The number of anilines is 1. The Balaban J connectivity index is 1.71.